The number of rotatable bonds is 3. The fourth-order valence-electron chi connectivity index (χ4n) is 2.57. The molecule has 1 saturated heterocycles. The maximum atomic E-state index is 10.8. The number of nitrogens with one attached hydrogen (secondary N) is 1. The quantitative estimate of drug-likeness (QED) is 0.864. The number of hydrogen-bond acceptors (Lipinski definition) is 3. The Bertz CT molecular complexity index is 409. The lowest BCUT2D eigenvalue weighted by molar-refractivity contribution is 0.0102. The molecule has 0 saturated carbocycles. The average Bonchev–Trinajstić information content (AvgIpc) is 2.38. The lowest BCUT2D eigenvalue weighted by Crippen LogP contribution is -2.43. The molecule has 1 fully saturated rings. The van der Waals surface area contributed by atoms with Crippen molar-refractivity contribution in [3.63, 3.8) is 0 Å². The number of β-amino-alcohol motifs (C(OH)–C–C–N with tert-alkyl or cyclic N) is 1. The Labute approximate surface area is 109 Å². The first-order valence-electron chi connectivity index (χ1n) is 6.68. The van der Waals surface area contributed by atoms with Crippen molar-refractivity contribution in [3.05, 3.63) is 29.3 Å². The highest BCUT2D eigenvalue weighted by Crippen LogP contribution is 2.36. The normalized spacial score (nSPS) is 24.3. The summed E-state index contributed by atoms with van der Waals surface area (Å²) in [5, 5.41) is 14.1. The summed E-state index contributed by atoms with van der Waals surface area (Å²) in [5.74, 6) is 1.24. The highest BCUT2D eigenvalue weighted by Gasteiger charge is 2.34. The lowest BCUT2D eigenvalue weighted by atomic mass is 9.84. The summed E-state index contributed by atoms with van der Waals surface area (Å²) in [7, 11) is 1.66. The van der Waals surface area contributed by atoms with Crippen LogP contribution in [0.2, 0.25) is 0 Å². The van der Waals surface area contributed by atoms with Gasteiger partial charge >= 0.3 is 0 Å². The van der Waals surface area contributed by atoms with Gasteiger partial charge in [0.2, 0.25) is 0 Å². The number of ether oxygens (including phenoxy) is 1. The summed E-state index contributed by atoms with van der Waals surface area (Å²) < 4.78 is 5.41. The van der Waals surface area contributed by atoms with Crippen molar-refractivity contribution >= 4 is 0 Å². The lowest BCUT2D eigenvalue weighted by Gasteiger charge is -2.34. The molecule has 1 aromatic rings. The van der Waals surface area contributed by atoms with E-state index >= 15 is 0 Å². The topological polar surface area (TPSA) is 41.5 Å². The van der Waals surface area contributed by atoms with Gasteiger partial charge in [-0.1, -0.05) is 19.9 Å². The molecule has 1 atom stereocenters. The van der Waals surface area contributed by atoms with Crippen LogP contribution in [0.25, 0.3) is 0 Å². The zero-order valence-electron chi connectivity index (χ0n) is 11.5. The third kappa shape index (κ3) is 2.52. The first kappa shape index (κ1) is 13.4. The van der Waals surface area contributed by atoms with Gasteiger partial charge in [0.1, 0.15) is 11.4 Å². The molecule has 0 amide bonds. The molecule has 0 aromatic heterocycles. The summed E-state index contributed by atoms with van der Waals surface area (Å²) in [6.07, 6.45) is 1.78. The molecule has 0 bridgehead atoms. The van der Waals surface area contributed by atoms with Crippen LogP contribution in [0.1, 0.15) is 43.7 Å². The van der Waals surface area contributed by atoms with Gasteiger partial charge in [-0.3, -0.25) is 0 Å². The second-order valence-electron chi connectivity index (χ2n) is 5.43. The summed E-state index contributed by atoms with van der Waals surface area (Å²) >= 11 is 0. The van der Waals surface area contributed by atoms with Crippen molar-refractivity contribution in [2.24, 2.45) is 0 Å². The van der Waals surface area contributed by atoms with Crippen molar-refractivity contribution in [2.75, 3.05) is 20.2 Å². The van der Waals surface area contributed by atoms with Crippen molar-refractivity contribution < 1.29 is 9.84 Å². The zero-order valence-corrected chi connectivity index (χ0v) is 11.5. The van der Waals surface area contributed by atoms with Gasteiger partial charge in [0, 0.05) is 12.1 Å². The number of piperidine rings is 1. The molecule has 2 rings (SSSR count). The molecule has 0 aliphatic carbocycles. The van der Waals surface area contributed by atoms with E-state index in [9.17, 15) is 5.11 Å². The predicted octanol–water partition coefficient (Wildman–Crippen LogP) is 2.39. The molecule has 0 radical (unpaired) electrons. The Morgan fingerprint density at radius 2 is 2.17 bits per heavy atom. The molecule has 1 aromatic carbocycles. The molecule has 100 valence electrons. The maximum Gasteiger partial charge on any atom is 0.125 e. The molecule has 18 heavy (non-hydrogen) atoms. The second-order valence-corrected chi connectivity index (χ2v) is 5.43. The van der Waals surface area contributed by atoms with Crippen molar-refractivity contribution in [2.45, 2.75) is 38.2 Å². The second kappa shape index (κ2) is 5.29. The standard InChI is InChI=1S/C15H23NO2/c1-11(2)12-5-6-14(18-3)13(9-12)15(17)7-4-8-16-10-15/h5-6,9,11,16-17H,4,7-8,10H2,1-3H3. The highest BCUT2D eigenvalue weighted by atomic mass is 16.5. The molecule has 1 unspecified atom stereocenters. The number of aliphatic hydroxyl groups is 1. The smallest absolute Gasteiger partial charge is 0.125 e. The Hall–Kier alpha value is -1.06. The van der Waals surface area contributed by atoms with Crippen LogP contribution >= 0.6 is 0 Å². The fraction of sp³-hybridized carbons (Fsp3) is 0.600. The monoisotopic (exact) mass is 249 g/mol. The Morgan fingerprint density at radius 3 is 2.72 bits per heavy atom. The predicted molar refractivity (Wildman–Crippen MR) is 73.1 cm³/mol. The Kier molecular flexibility index (Phi) is 3.93. The third-order valence-corrected chi connectivity index (χ3v) is 3.75. The van der Waals surface area contributed by atoms with Crippen LogP contribution in [0.5, 0.6) is 5.75 Å². The van der Waals surface area contributed by atoms with E-state index in [0.29, 0.717) is 12.5 Å². The highest BCUT2D eigenvalue weighted by molar-refractivity contribution is 5.42. The zero-order chi connectivity index (χ0) is 13.2. The number of benzene rings is 1. The van der Waals surface area contributed by atoms with Crippen molar-refractivity contribution in [1.29, 1.82) is 0 Å². The minimum Gasteiger partial charge on any atom is -0.496 e. The molecule has 3 heteroatoms. The van der Waals surface area contributed by atoms with E-state index in [2.05, 4.69) is 31.3 Å². The summed E-state index contributed by atoms with van der Waals surface area (Å²) in [6, 6.07) is 6.14. The SMILES string of the molecule is COc1ccc(C(C)C)cc1C1(O)CCCNC1. The van der Waals surface area contributed by atoms with Crippen LogP contribution in [0.4, 0.5) is 0 Å². The van der Waals surface area contributed by atoms with E-state index in [1.54, 1.807) is 7.11 Å². The fourth-order valence-corrected chi connectivity index (χ4v) is 2.57. The van der Waals surface area contributed by atoms with E-state index in [4.69, 9.17) is 4.74 Å². The molecule has 2 N–H and O–H groups in total. The minimum absolute atomic E-state index is 0.454. The van der Waals surface area contributed by atoms with Gasteiger partial charge in [0.05, 0.1) is 7.11 Å². The minimum atomic E-state index is -0.797. The molecular weight excluding hydrogens is 226 g/mol. The van der Waals surface area contributed by atoms with Crippen LogP contribution in [-0.4, -0.2) is 25.3 Å². The van der Waals surface area contributed by atoms with Gasteiger partial charge in [-0.05, 0) is 43.0 Å². The van der Waals surface area contributed by atoms with Crippen molar-refractivity contribution in [1.82, 2.24) is 5.32 Å². The molecule has 1 aliphatic rings. The Balaban J connectivity index is 2.42. The molecule has 0 spiro atoms. The van der Waals surface area contributed by atoms with E-state index in [0.717, 1.165) is 30.7 Å². The Morgan fingerprint density at radius 1 is 1.39 bits per heavy atom. The summed E-state index contributed by atoms with van der Waals surface area (Å²) in [6.45, 7) is 5.91. The average molecular weight is 249 g/mol. The van der Waals surface area contributed by atoms with Gasteiger partial charge in [-0.25, -0.2) is 0 Å². The van der Waals surface area contributed by atoms with Crippen LogP contribution in [-0.2, 0) is 5.60 Å². The van der Waals surface area contributed by atoms with Gasteiger partial charge in [-0.2, -0.15) is 0 Å². The van der Waals surface area contributed by atoms with Crippen LogP contribution in [0, 0.1) is 0 Å². The van der Waals surface area contributed by atoms with Crippen molar-refractivity contribution in [3.8, 4) is 5.75 Å². The number of hydrogen-bond donors (Lipinski definition) is 2. The molecule has 1 aliphatic heterocycles. The van der Waals surface area contributed by atoms with E-state index in [1.165, 1.54) is 5.56 Å². The van der Waals surface area contributed by atoms with E-state index < -0.39 is 5.60 Å². The van der Waals surface area contributed by atoms with Gasteiger partial charge in [0.15, 0.2) is 0 Å². The van der Waals surface area contributed by atoms with Crippen LogP contribution < -0.4 is 10.1 Å². The van der Waals surface area contributed by atoms with Gasteiger partial charge in [-0.15, -0.1) is 0 Å². The van der Waals surface area contributed by atoms with Crippen LogP contribution in [0.15, 0.2) is 18.2 Å². The van der Waals surface area contributed by atoms with Crippen LogP contribution in [0.3, 0.4) is 0 Å². The summed E-state index contributed by atoms with van der Waals surface area (Å²) in [5.41, 5.74) is 1.36. The van der Waals surface area contributed by atoms with Gasteiger partial charge < -0.3 is 15.2 Å². The maximum absolute atomic E-state index is 10.8. The largest absolute Gasteiger partial charge is 0.496 e. The molecular formula is C15H23NO2. The number of methoxy groups -OCH3 is 1. The third-order valence-electron chi connectivity index (χ3n) is 3.75. The van der Waals surface area contributed by atoms with Gasteiger partial charge in [0.25, 0.3) is 0 Å². The first-order valence-corrected chi connectivity index (χ1v) is 6.68. The summed E-state index contributed by atoms with van der Waals surface area (Å²) in [4.78, 5) is 0. The molecule has 1 heterocycles. The molecule has 3 nitrogen and oxygen atoms in total. The first-order chi connectivity index (χ1) is 8.57. The van der Waals surface area contributed by atoms with E-state index in [-0.39, 0.29) is 0 Å². The van der Waals surface area contributed by atoms with E-state index in [1.807, 2.05) is 6.07 Å².